The molecule has 0 spiro atoms. The second-order valence-electron chi connectivity index (χ2n) is 6.32. The molecule has 6 heteroatoms. The first-order chi connectivity index (χ1) is 10.5. The van der Waals surface area contributed by atoms with Gasteiger partial charge >= 0.3 is 0 Å². The molecule has 0 aliphatic heterocycles. The van der Waals surface area contributed by atoms with E-state index in [1.54, 1.807) is 0 Å². The molecule has 2 aromatic rings. The van der Waals surface area contributed by atoms with Crippen LogP contribution in [0.2, 0.25) is 0 Å². The molecule has 1 aromatic carbocycles. The summed E-state index contributed by atoms with van der Waals surface area (Å²) in [5.74, 6) is -0.192. The zero-order valence-electron chi connectivity index (χ0n) is 12.7. The van der Waals surface area contributed by atoms with Crippen molar-refractivity contribution in [3.8, 4) is 0 Å². The Kier molecular flexibility index (Phi) is 3.60. The predicted molar refractivity (Wildman–Crippen MR) is 84.3 cm³/mol. The molecule has 1 saturated carbocycles. The van der Waals surface area contributed by atoms with Crippen LogP contribution in [0, 0.1) is 22.0 Å². The fraction of sp³-hybridized carbons (Fsp3) is 0.438. The Morgan fingerprint density at radius 3 is 2.86 bits per heavy atom. The lowest BCUT2D eigenvalue weighted by molar-refractivity contribution is -0.497. The predicted octanol–water partition coefficient (Wildman–Crippen LogP) is 2.90. The van der Waals surface area contributed by atoms with Crippen molar-refractivity contribution >= 4 is 22.5 Å². The summed E-state index contributed by atoms with van der Waals surface area (Å²) >= 11 is 0. The van der Waals surface area contributed by atoms with E-state index in [0.717, 1.165) is 17.4 Å². The third-order valence-corrected chi connectivity index (χ3v) is 3.96. The van der Waals surface area contributed by atoms with Crippen molar-refractivity contribution < 1.29 is 9.72 Å². The number of hydrogen-bond donors (Lipinski definition) is 1. The monoisotopic (exact) mass is 301 g/mol. The number of nitrogens with zero attached hydrogens (tertiary/aromatic N) is 2. The minimum Gasteiger partial charge on any atom is -0.347 e. The first-order valence-electron chi connectivity index (χ1n) is 7.49. The standard InChI is InChI=1S/C16H19N3O3/c1-10(2)9-18-6-5-11-7-12(3-4-14(11)18)17-16(20)13-8-15(13)19(21)22/h3-7,10,13,15H,8-9H2,1-2H3,(H,17,20)/t13-,15+/m1/s1. The van der Waals surface area contributed by atoms with E-state index in [4.69, 9.17) is 0 Å². The van der Waals surface area contributed by atoms with Gasteiger partial charge in [0, 0.05) is 40.7 Å². The first-order valence-corrected chi connectivity index (χ1v) is 7.49. The number of carbonyl (C=O) groups is 1. The smallest absolute Gasteiger partial charge is 0.234 e. The molecule has 22 heavy (non-hydrogen) atoms. The number of amides is 1. The normalized spacial score (nSPS) is 20.3. The van der Waals surface area contributed by atoms with Gasteiger partial charge in [-0.2, -0.15) is 0 Å². The summed E-state index contributed by atoms with van der Waals surface area (Å²) in [6, 6.07) is 7.04. The van der Waals surface area contributed by atoms with Crippen LogP contribution >= 0.6 is 0 Å². The van der Waals surface area contributed by atoms with Gasteiger partial charge in [-0.1, -0.05) is 13.8 Å². The van der Waals surface area contributed by atoms with Crippen molar-refractivity contribution in [3.63, 3.8) is 0 Å². The number of anilines is 1. The summed E-state index contributed by atoms with van der Waals surface area (Å²) < 4.78 is 2.19. The highest BCUT2D eigenvalue weighted by atomic mass is 16.6. The van der Waals surface area contributed by atoms with Crippen molar-refractivity contribution in [1.29, 1.82) is 0 Å². The number of benzene rings is 1. The van der Waals surface area contributed by atoms with E-state index < -0.39 is 12.0 Å². The SMILES string of the molecule is CC(C)Cn1ccc2cc(NC(=O)[C@@H]3C[C@@H]3[N+](=O)[O-])ccc21. The fourth-order valence-electron chi connectivity index (χ4n) is 2.76. The number of fused-ring (bicyclic) bond motifs is 1. The van der Waals surface area contributed by atoms with E-state index in [2.05, 4.69) is 23.7 Å². The summed E-state index contributed by atoms with van der Waals surface area (Å²) in [7, 11) is 0. The molecule has 1 N–H and O–H groups in total. The van der Waals surface area contributed by atoms with Crippen molar-refractivity contribution in [1.82, 2.24) is 4.57 Å². The van der Waals surface area contributed by atoms with E-state index in [0.29, 0.717) is 18.0 Å². The third-order valence-electron chi connectivity index (χ3n) is 3.96. The highest BCUT2D eigenvalue weighted by Gasteiger charge is 2.53. The molecule has 116 valence electrons. The van der Waals surface area contributed by atoms with Crippen LogP contribution in [0.5, 0.6) is 0 Å². The maximum absolute atomic E-state index is 12.0. The van der Waals surface area contributed by atoms with Crippen LogP contribution in [0.1, 0.15) is 20.3 Å². The molecule has 1 aliphatic carbocycles. The topological polar surface area (TPSA) is 77.2 Å². The molecular weight excluding hydrogens is 282 g/mol. The summed E-state index contributed by atoms with van der Waals surface area (Å²) in [5.41, 5.74) is 1.81. The van der Waals surface area contributed by atoms with E-state index >= 15 is 0 Å². The van der Waals surface area contributed by atoms with Gasteiger partial charge in [-0.15, -0.1) is 0 Å². The van der Waals surface area contributed by atoms with Crippen molar-refractivity contribution in [2.75, 3.05) is 5.32 Å². The molecule has 3 rings (SSSR count). The molecule has 1 heterocycles. The summed E-state index contributed by atoms with van der Waals surface area (Å²) in [6.45, 7) is 5.28. The van der Waals surface area contributed by atoms with Crippen LogP contribution in [0.4, 0.5) is 5.69 Å². The number of hydrogen-bond acceptors (Lipinski definition) is 3. The fourth-order valence-corrected chi connectivity index (χ4v) is 2.76. The average molecular weight is 301 g/mol. The van der Waals surface area contributed by atoms with Gasteiger partial charge in [-0.3, -0.25) is 14.9 Å². The zero-order chi connectivity index (χ0) is 15.9. The largest absolute Gasteiger partial charge is 0.347 e. The molecule has 0 bridgehead atoms. The van der Waals surface area contributed by atoms with Crippen LogP contribution in [-0.2, 0) is 11.3 Å². The molecule has 1 fully saturated rings. The highest BCUT2D eigenvalue weighted by Crippen LogP contribution is 2.34. The molecule has 0 saturated heterocycles. The Bertz CT molecular complexity index is 735. The summed E-state index contributed by atoms with van der Waals surface area (Å²) in [6.07, 6.45) is 2.38. The van der Waals surface area contributed by atoms with Crippen molar-refractivity contribution in [2.45, 2.75) is 32.9 Å². The Labute approximate surface area is 128 Å². The van der Waals surface area contributed by atoms with E-state index in [1.807, 2.05) is 30.5 Å². The zero-order valence-corrected chi connectivity index (χ0v) is 12.7. The van der Waals surface area contributed by atoms with E-state index in [9.17, 15) is 14.9 Å². The molecular formula is C16H19N3O3. The molecule has 1 aliphatic rings. The number of nitro groups is 1. The molecule has 1 aromatic heterocycles. The lowest BCUT2D eigenvalue weighted by Gasteiger charge is -2.09. The lowest BCUT2D eigenvalue weighted by atomic mass is 10.2. The summed E-state index contributed by atoms with van der Waals surface area (Å²) in [5, 5.41) is 14.5. The quantitative estimate of drug-likeness (QED) is 0.681. The average Bonchev–Trinajstić information content (AvgIpc) is 3.17. The van der Waals surface area contributed by atoms with Gasteiger partial charge in [0.05, 0.1) is 0 Å². The van der Waals surface area contributed by atoms with Gasteiger partial charge in [0.2, 0.25) is 11.9 Å². The molecule has 6 nitrogen and oxygen atoms in total. The number of nitrogens with one attached hydrogen (secondary N) is 1. The van der Waals surface area contributed by atoms with Crippen LogP contribution in [-0.4, -0.2) is 21.4 Å². The minimum absolute atomic E-state index is 0.261. The van der Waals surface area contributed by atoms with Gasteiger partial charge in [0.25, 0.3) is 0 Å². The Morgan fingerprint density at radius 2 is 2.23 bits per heavy atom. The molecule has 0 radical (unpaired) electrons. The highest BCUT2D eigenvalue weighted by molar-refractivity contribution is 5.96. The number of carbonyl (C=O) groups excluding carboxylic acids is 1. The van der Waals surface area contributed by atoms with Gasteiger partial charge in [0.15, 0.2) is 0 Å². The summed E-state index contributed by atoms with van der Waals surface area (Å²) in [4.78, 5) is 22.2. The van der Waals surface area contributed by atoms with Gasteiger partial charge in [0.1, 0.15) is 5.92 Å². The maximum atomic E-state index is 12.0. The van der Waals surface area contributed by atoms with Crippen LogP contribution in [0.3, 0.4) is 0 Å². The van der Waals surface area contributed by atoms with E-state index in [1.165, 1.54) is 0 Å². The lowest BCUT2D eigenvalue weighted by Crippen LogP contribution is -2.18. The van der Waals surface area contributed by atoms with E-state index in [-0.39, 0.29) is 10.8 Å². The minimum atomic E-state index is -0.712. The second-order valence-corrected chi connectivity index (χ2v) is 6.32. The number of rotatable bonds is 5. The van der Waals surface area contributed by atoms with Crippen molar-refractivity contribution in [2.24, 2.45) is 11.8 Å². The second kappa shape index (κ2) is 5.44. The van der Waals surface area contributed by atoms with Gasteiger partial charge in [-0.05, 0) is 30.2 Å². The maximum Gasteiger partial charge on any atom is 0.234 e. The molecule has 0 unspecified atom stereocenters. The Morgan fingerprint density at radius 1 is 1.45 bits per heavy atom. The molecule has 2 atom stereocenters. The van der Waals surface area contributed by atoms with Crippen LogP contribution in [0.15, 0.2) is 30.5 Å². The van der Waals surface area contributed by atoms with Crippen LogP contribution < -0.4 is 5.32 Å². The van der Waals surface area contributed by atoms with Crippen molar-refractivity contribution in [3.05, 3.63) is 40.6 Å². The first kappa shape index (κ1) is 14.6. The third kappa shape index (κ3) is 2.81. The molecule has 1 amide bonds. The van der Waals surface area contributed by atoms with Gasteiger partial charge in [-0.25, -0.2) is 0 Å². The van der Waals surface area contributed by atoms with Crippen LogP contribution in [0.25, 0.3) is 10.9 Å². The van der Waals surface area contributed by atoms with Gasteiger partial charge < -0.3 is 9.88 Å². The Hall–Kier alpha value is -2.37. The Balaban J connectivity index is 1.73. The number of aromatic nitrogens is 1.